The summed E-state index contributed by atoms with van der Waals surface area (Å²) in [5, 5.41) is 10.6. The topological polar surface area (TPSA) is 237 Å². The number of ether oxygens (including phenoxy) is 4. The molecule has 0 amide bonds. The Morgan fingerprint density at radius 3 is 0.792 bits per heavy atom. The highest BCUT2D eigenvalue weighted by atomic mass is 31.2. The van der Waals surface area contributed by atoms with Crippen LogP contribution in [0, 0.1) is 17.8 Å². The molecule has 6 atom stereocenters. The fourth-order valence-corrected chi connectivity index (χ4v) is 13.3. The zero-order chi connectivity index (χ0) is 70.9. The van der Waals surface area contributed by atoms with Crippen LogP contribution in [-0.2, 0) is 65.4 Å². The lowest BCUT2D eigenvalue weighted by molar-refractivity contribution is -0.161. The van der Waals surface area contributed by atoms with Crippen molar-refractivity contribution in [2.45, 2.75) is 414 Å². The van der Waals surface area contributed by atoms with E-state index in [1.54, 1.807) is 0 Å². The Morgan fingerprint density at radius 2 is 0.531 bits per heavy atom. The second kappa shape index (κ2) is 67.5. The maximum absolute atomic E-state index is 13.1. The van der Waals surface area contributed by atoms with Crippen LogP contribution in [0.5, 0.6) is 0 Å². The fraction of sp³-hybridized carbons (Fsp3) is 0.948. The number of phosphoric ester groups is 2. The molecule has 0 spiro atoms. The van der Waals surface area contributed by atoms with Crippen LogP contribution in [0.1, 0.15) is 395 Å². The Morgan fingerprint density at radius 1 is 0.302 bits per heavy atom. The third-order valence-corrected chi connectivity index (χ3v) is 20.1. The van der Waals surface area contributed by atoms with Crippen LogP contribution in [0.4, 0.5) is 0 Å². The van der Waals surface area contributed by atoms with E-state index in [0.717, 1.165) is 108 Å². The van der Waals surface area contributed by atoms with E-state index >= 15 is 0 Å². The van der Waals surface area contributed by atoms with Gasteiger partial charge in [-0.3, -0.25) is 37.3 Å². The minimum absolute atomic E-state index is 0.104. The molecule has 0 rings (SSSR count). The van der Waals surface area contributed by atoms with Gasteiger partial charge in [0.1, 0.15) is 19.3 Å². The number of esters is 4. The lowest BCUT2D eigenvalue weighted by Crippen LogP contribution is -2.30. The highest BCUT2D eigenvalue weighted by Gasteiger charge is 2.30. The van der Waals surface area contributed by atoms with Gasteiger partial charge in [-0.25, -0.2) is 9.13 Å². The molecular weight excluding hydrogens is 1260 g/mol. The maximum Gasteiger partial charge on any atom is 0.472 e. The minimum Gasteiger partial charge on any atom is -0.462 e. The van der Waals surface area contributed by atoms with Crippen LogP contribution < -0.4 is 0 Å². The van der Waals surface area contributed by atoms with E-state index in [-0.39, 0.29) is 25.7 Å². The average Bonchev–Trinajstić information content (AvgIpc) is 1.87. The van der Waals surface area contributed by atoms with E-state index in [4.69, 9.17) is 37.0 Å². The van der Waals surface area contributed by atoms with E-state index in [9.17, 15) is 43.2 Å². The van der Waals surface area contributed by atoms with Crippen LogP contribution in [-0.4, -0.2) is 96.7 Å². The molecule has 0 radical (unpaired) electrons. The fourth-order valence-electron chi connectivity index (χ4n) is 11.7. The highest BCUT2D eigenvalue weighted by molar-refractivity contribution is 7.47. The van der Waals surface area contributed by atoms with Crippen LogP contribution in [0.25, 0.3) is 0 Å². The first-order valence-electron chi connectivity index (χ1n) is 39.9. The minimum atomic E-state index is -4.96. The lowest BCUT2D eigenvalue weighted by atomic mass is 9.99. The number of hydrogen-bond acceptors (Lipinski definition) is 15. The second-order valence-electron chi connectivity index (χ2n) is 28.9. The van der Waals surface area contributed by atoms with Crippen molar-refractivity contribution in [3.8, 4) is 0 Å². The smallest absolute Gasteiger partial charge is 0.462 e. The van der Waals surface area contributed by atoms with Crippen LogP contribution in [0.2, 0.25) is 0 Å². The molecule has 0 aliphatic carbocycles. The van der Waals surface area contributed by atoms with Gasteiger partial charge in [-0.15, -0.1) is 0 Å². The Kier molecular flexibility index (Phi) is 66.2. The van der Waals surface area contributed by atoms with Crippen LogP contribution in [0.15, 0.2) is 0 Å². The summed E-state index contributed by atoms with van der Waals surface area (Å²) in [5.74, 6) is 0.120. The molecule has 0 bridgehead atoms. The molecule has 19 heteroatoms. The molecule has 3 N–H and O–H groups in total. The van der Waals surface area contributed by atoms with Gasteiger partial charge in [0, 0.05) is 25.7 Å². The normalized spacial score (nSPS) is 14.3. The SMILES string of the molecule is CCCCCCCCCCCCCCCCCCCCCC(=O)O[C@H](COC(=O)CCCCCCCCCCCCCCCC(C)C)COP(=O)(O)OC[C@@H](O)COP(=O)(O)OC[C@@H](COC(=O)CCCCCCCCC(C)C)OC(=O)CCCCCCCCCCC(C)CC. The highest BCUT2D eigenvalue weighted by Crippen LogP contribution is 2.45. The van der Waals surface area contributed by atoms with Gasteiger partial charge < -0.3 is 33.8 Å². The van der Waals surface area contributed by atoms with Crippen molar-refractivity contribution in [2.75, 3.05) is 39.6 Å². The third-order valence-electron chi connectivity index (χ3n) is 18.2. The molecule has 0 aromatic carbocycles. The van der Waals surface area contributed by atoms with E-state index in [1.807, 2.05) is 0 Å². The van der Waals surface area contributed by atoms with E-state index < -0.39 is 97.5 Å². The molecule has 0 fully saturated rings. The van der Waals surface area contributed by atoms with E-state index in [0.29, 0.717) is 31.6 Å². The van der Waals surface area contributed by atoms with Gasteiger partial charge in [-0.2, -0.15) is 0 Å². The number of hydrogen-bond donors (Lipinski definition) is 3. The number of carbonyl (C=O) groups is 4. The zero-order valence-corrected chi connectivity index (χ0v) is 64.6. The van der Waals surface area contributed by atoms with Gasteiger partial charge in [-0.1, -0.05) is 344 Å². The van der Waals surface area contributed by atoms with Crippen molar-refractivity contribution in [2.24, 2.45) is 17.8 Å². The quantitative estimate of drug-likeness (QED) is 0.0222. The van der Waals surface area contributed by atoms with Gasteiger partial charge in [0.15, 0.2) is 12.2 Å². The summed E-state index contributed by atoms with van der Waals surface area (Å²) >= 11 is 0. The predicted molar refractivity (Wildman–Crippen MR) is 391 cm³/mol. The zero-order valence-electron chi connectivity index (χ0n) is 62.8. The number of aliphatic hydroxyl groups excluding tert-OH is 1. The summed E-state index contributed by atoms with van der Waals surface area (Å²) in [5.41, 5.74) is 0. The first kappa shape index (κ1) is 94.1. The Hall–Kier alpha value is -1.94. The molecular formula is C77H150O17P2. The Bertz CT molecular complexity index is 1870. The number of phosphoric acid groups is 2. The summed E-state index contributed by atoms with van der Waals surface area (Å²) in [6.45, 7) is 11.8. The van der Waals surface area contributed by atoms with Gasteiger partial charge in [-0.05, 0) is 43.4 Å². The van der Waals surface area contributed by atoms with Crippen LogP contribution in [0.3, 0.4) is 0 Å². The molecule has 0 saturated carbocycles. The molecule has 0 aliphatic rings. The van der Waals surface area contributed by atoms with Crippen molar-refractivity contribution in [1.29, 1.82) is 0 Å². The number of carbonyl (C=O) groups excluding carboxylic acids is 4. The van der Waals surface area contributed by atoms with Gasteiger partial charge in [0.05, 0.1) is 26.4 Å². The maximum atomic E-state index is 13.1. The van der Waals surface area contributed by atoms with Gasteiger partial charge in [0.25, 0.3) is 0 Å². The second-order valence-corrected chi connectivity index (χ2v) is 31.8. The van der Waals surface area contributed by atoms with Crippen molar-refractivity contribution in [3.63, 3.8) is 0 Å². The molecule has 17 nitrogen and oxygen atoms in total. The largest absolute Gasteiger partial charge is 0.472 e. The molecule has 0 aromatic rings. The first-order valence-corrected chi connectivity index (χ1v) is 42.9. The summed E-state index contributed by atoms with van der Waals surface area (Å²) < 4.78 is 68.5. The van der Waals surface area contributed by atoms with Crippen molar-refractivity contribution >= 4 is 39.5 Å². The molecule has 0 heterocycles. The summed E-state index contributed by atoms with van der Waals surface area (Å²) in [6.07, 6.45) is 54.3. The van der Waals surface area contributed by atoms with Crippen molar-refractivity contribution < 1.29 is 80.2 Å². The Balaban J connectivity index is 5.23. The van der Waals surface area contributed by atoms with Crippen molar-refractivity contribution in [3.05, 3.63) is 0 Å². The molecule has 96 heavy (non-hydrogen) atoms. The van der Waals surface area contributed by atoms with E-state index in [2.05, 4.69) is 48.5 Å². The van der Waals surface area contributed by atoms with Crippen LogP contribution >= 0.6 is 15.6 Å². The van der Waals surface area contributed by atoms with Gasteiger partial charge >= 0.3 is 39.5 Å². The summed E-state index contributed by atoms with van der Waals surface area (Å²) in [6, 6.07) is 0. The molecule has 3 unspecified atom stereocenters. The van der Waals surface area contributed by atoms with E-state index in [1.165, 1.54) is 199 Å². The molecule has 0 aromatic heterocycles. The summed E-state index contributed by atoms with van der Waals surface area (Å²) in [7, 11) is -9.91. The predicted octanol–water partition coefficient (Wildman–Crippen LogP) is 22.6. The standard InChI is InChI=1S/C77H150O17P2/c1-8-10-11-12-13-14-15-16-17-18-19-20-21-24-28-31-37-46-53-60-76(81)93-72(64-87-74(79)58-51-44-36-30-27-25-22-23-26-29-34-41-48-55-68(3)4)66-91-95(83,84)89-62-71(78)63-90-96(85,86)92-67-73(65-88-75(80)59-52-45-40-39-42-49-56-69(5)6)94-77(82)61-54-47-38-33-32-35-43-50-57-70(7)9-2/h68-73,78H,8-67H2,1-7H3,(H,83,84)(H,85,86)/t70?,71-,72-,73-/m1/s1. The third kappa shape index (κ3) is 69.2. The average molecular weight is 1410 g/mol. The Labute approximate surface area is 588 Å². The molecule has 0 aliphatic heterocycles. The molecule has 570 valence electrons. The molecule has 0 saturated heterocycles. The first-order chi connectivity index (χ1) is 46.3. The van der Waals surface area contributed by atoms with Gasteiger partial charge in [0.2, 0.25) is 0 Å². The summed E-state index contributed by atoms with van der Waals surface area (Å²) in [4.78, 5) is 72.8. The lowest BCUT2D eigenvalue weighted by Gasteiger charge is -2.21. The monoisotopic (exact) mass is 1410 g/mol. The number of aliphatic hydroxyl groups is 1. The number of unbranched alkanes of at least 4 members (excludes halogenated alkanes) is 42. The van der Waals surface area contributed by atoms with Crippen molar-refractivity contribution in [1.82, 2.24) is 0 Å². The number of rotatable bonds is 75.